The van der Waals surface area contributed by atoms with Crippen LogP contribution in [0.15, 0.2) is 23.1 Å². The molecule has 0 aliphatic carbocycles. The summed E-state index contributed by atoms with van der Waals surface area (Å²) in [7, 11) is -4.19. The lowest BCUT2D eigenvalue weighted by molar-refractivity contribution is -0.138. The van der Waals surface area contributed by atoms with E-state index in [0.29, 0.717) is 12.5 Å². The second-order valence-electron chi connectivity index (χ2n) is 6.18. The van der Waals surface area contributed by atoms with Gasteiger partial charge < -0.3 is 4.90 Å². The van der Waals surface area contributed by atoms with Gasteiger partial charge in [0.25, 0.3) is 0 Å². The van der Waals surface area contributed by atoms with Crippen molar-refractivity contribution in [2.45, 2.75) is 31.3 Å². The van der Waals surface area contributed by atoms with Gasteiger partial charge in [-0.2, -0.15) is 17.5 Å². The van der Waals surface area contributed by atoms with Gasteiger partial charge in [0, 0.05) is 32.1 Å². The first kappa shape index (κ1) is 21.0. The Morgan fingerprint density at radius 1 is 1.23 bits per heavy atom. The number of amides is 1. The van der Waals surface area contributed by atoms with Crippen LogP contribution in [0.4, 0.5) is 13.2 Å². The molecule has 5 nitrogen and oxygen atoms in total. The molecule has 0 N–H and O–H groups in total. The van der Waals surface area contributed by atoms with Crippen LogP contribution in [0, 0.1) is 5.92 Å². The first-order chi connectivity index (χ1) is 12.0. The van der Waals surface area contributed by atoms with E-state index in [1.165, 1.54) is 0 Å². The quantitative estimate of drug-likeness (QED) is 0.762. The SMILES string of the molecule is CCC(C)C(=O)N1CCN(S(=O)(=O)c2cc(C(F)(F)F)ccc2Cl)CC1. The van der Waals surface area contributed by atoms with Crippen molar-refractivity contribution in [2.75, 3.05) is 26.2 Å². The lowest BCUT2D eigenvalue weighted by Gasteiger charge is -2.35. The van der Waals surface area contributed by atoms with Crippen molar-refractivity contribution in [1.82, 2.24) is 9.21 Å². The topological polar surface area (TPSA) is 57.7 Å². The van der Waals surface area contributed by atoms with Crippen LogP contribution in [-0.2, 0) is 21.0 Å². The molecule has 1 aliphatic heterocycles. The van der Waals surface area contributed by atoms with Gasteiger partial charge in [-0.25, -0.2) is 8.42 Å². The largest absolute Gasteiger partial charge is 0.416 e. The van der Waals surface area contributed by atoms with Gasteiger partial charge in [-0.05, 0) is 24.6 Å². The van der Waals surface area contributed by atoms with Crippen molar-refractivity contribution >= 4 is 27.5 Å². The van der Waals surface area contributed by atoms with Gasteiger partial charge in [0.05, 0.1) is 10.6 Å². The molecule has 26 heavy (non-hydrogen) atoms. The maximum Gasteiger partial charge on any atom is 0.416 e. The fourth-order valence-corrected chi connectivity index (χ4v) is 4.57. The van der Waals surface area contributed by atoms with E-state index in [2.05, 4.69) is 0 Å². The van der Waals surface area contributed by atoms with E-state index in [9.17, 15) is 26.4 Å². The molecule has 1 heterocycles. The minimum absolute atomic E-state index is 0.0110. The molecule has 0 bridgehead atoms. The molecule has 1 aromatic rings. The summed E-state index contributed by atoms with van der Waals surface area (Å²) in [5.41, 5.74) is -1.08. The predicted molar refractivity (Wildman–Crippen MR) is 91.2 cm³/mol. The van der Waals surface area contributed by atoms with E-state index in [4.69, 9.17) is 11.6 Å². The van der Waals surface area contributed by atoms with Crippen LogP contribution in [0.5, 0.6) is 0 Å². The van der Waals surface area contributed by atoms with Gasteiger partial charge in [-0.15, -0.1) is 0 Å². The standard InChI is InChI=1S/C16H20ClF3N2O3S/c1-3-11(2)15(23)21-6-8-22(9-7-21)26(24,25)14-10-12(16(18,19)20)4-5-13(14)17/h4-5,10-11H,3,6-9H2,1-2H3. The highest BCUT2D eigenvalue weighted by Crippen LogP contribution is 2.34. The zero-order valence-electron chi connectivity index (χ0n) is 14.4. The van der Waals surface area contributed by atoms with Gasteiger partial charge in [0.15, 0.2) is 0 Å². The van der Waals surface area contributed by atoms with Crippen LogP contribution in [0.2, 0.25) is 5.02 Å². The summed E-state index contributed by atoms with van der Waals surface area (Å²) in [6.07, 6.45) is -3.99. The summed E-state index contributed by atoms with van der Waals surface area (Å²) in [6.45, 7) is 4.10. The Balaban J connectivity index is 2.21. The molecule has 0 spiro atoms. The second-order valence-corrected chi connectivity index (χ2v) is 8.50. The Labute approximate surface area is 155 Å². The number of carbonyl (C=O) groups is 1. The molecule has 1 unspecified atom stereocenters. The molecule has 0 radical (unpaired) electrons. The van der Waals surface area contributed by atoms with Gasteiger partial charge in [-0.1, -0.05) is 25.4 Å². The Morgan fingerprint density at radius 3 is 2.31 bits per heavy atom. The zero-order chi connectivity index (χ0) is 19.7. The number of sulfonamides is 1. The monoisotopic (exact) mass is 412 g/mol. The highest BCUT2D eigenvalue weighted by Gasteiger charge is 2.36. The molecule has 1 amide bonds. The first-order valence-electron chi connectivity index (χ1n) is 8.14. The van der Waals surface area contributed by atoms with Crippen LogP contribution < -0.4 is 0 Å². The second kappa shape index (κ2) is 7.74. The van der Waals surface area contributed by atoms with Gasteiger partial charge >= 0.3 is 6.18 Å². The fourth-order valence-electron chi connectivity index (χ4n) is 2.65. The number of piperazine rings is 1. The normalized spacial score (nSPS) is 18.0. The molecule has 10 heteroatoms. The number of rotatable bonds is 4. The Morgan fingerprint density at radius 2 is 1.81 bits per heavy atom. The minimum Gasteiger partial charge on any atom is -0.340 e. The van der Waals surface area contributed by atoms with Crippen LogP contribution in [0.3, 0.4) is 0 Å². The third-order valence-corrected chi connectivity index (χ3v) is 6.84. The third kappa shape index (κ3) is 4.32. The average molecular weight is 413 g/mol. The molecule has 0 saturated carbocycles. The van der Waals surface area contributed by atoms with Crippen LogP contribution >= 0.6 is 11.6 Å². The number of hydrogen-bond acceptors (Lipinski definition) is 3. The van der Waals surface area contributed by atoms with Crippen molar-refractivity contribution in [3.63, 3.8) is 0 Å². The summed E-state index contributed by atoms with van der Waals surface area (Å²) in [4.78, 5) is 13.2. The number of benzene rings is 1. The Bertz CT molecular complexity index is 775. The molecule has 1 aliphatic rings. The summed E-state index contributed by atoms with van der Waals surface area (Å²) >= 11 is 5.85. The molecule has 1 saturated heterocycles. The number of halogens is 4. The number of alkyl halides is 3. The van der Waals surface area contributed by atoms with Crippen LogP contribution in [-0.4, -0.2) is 49.7 Å². The van der Waals surface area contributed by atoms with Crippen molar-refractivity contribution in [3.8, 4) is 0 Å². The van der Waals surface area contributed by atoms with E-state index in [1.54, 1.807) is 11.8 Å². The summed E-state index contributed by atoms with van der Waals surface area (Å²) in [5.74, 6) is -0.210. The maximum absolute atomic E-state index is 12.9. The maximum atomic E-state index is 12.9. The lowest BCUT2D eigenvalue weighted by Crippen LogP contribution is -2.51. The van der Waals surface area contributed by atoms with Crippen LogP contribution in [0.25, 0.3) is 0 Å². The van der Waals surface area contributed by atoms with Gasteiger partial charge in [0.1, 0.15) is 4.90 Å². The van der Waals surface area contributed by atoms with Crippen molar-refractivity contribution in [2.24, 2.45) is 5.92 Å². The number of carbonyl (C=O) groups excluding carboxylic acids is 1. The molecule has 1 fully saturated rings. The minimum atomic E-state index is -4.67. The lowest BCUT2D eigenvalue weighted by atomic mass is 10.1. The third-order valence-electron chi connectivity index (χ3n) is 4.46. The smallest absolute Gasteiger partial charge is 0.340 e. The Kier molecular flexibility index (Phi) is 6.24. The van der Waals surface area contributed by atoms with E-state index in [-0.39, 0.29) is 43.0 Å². The number of hydrogen-bond donors (Lipinski definition) is 0. The predicted octanol–water partition coefficient (Wildman–Crippen LogP) is 3.24. The molecular formula is C16H20ClF3N2O3S. The van der Waals surface area contributed by atoms with Crippen molar-refractivity contribution < 1.29 is 26.4 Å². The fraction of sp³-hybridized carbons (Fsp3) is 0.562. The molecule has 1 aromatic carbocycles. The molecule has 2 rings (SSSR count). The average Bonchev–Trinajstić information content (AvgIpc) is 2.59. The van der Waals surface area contributed by atoms with Gasteiger partial charge in [-0.3, -0.25) is 4.79 Å². The Hall–Kier alpha value is -1.32. The molecular weight excluding hydrogens is 393 g/mol. The van der Waals surface area contributed by atoms with Crippen LogP contribution in [0.1, 0.15) is 25.8 Å². The van der Waals surface area contributed by atoms with E-state index in [1.807, 2.05) is 6.92 Å². The molecule has 0 aromatic heterocycles. The molecule has 1 atom stereocenters. The first-order valence-corrected chi connectivity index (χ1v) is 9.96. The van der Waals surface area contributed by atoms with Crippen molar-refractivity contribution in [3.05, 3.63) is 28.8 Å². The molecule has 146 valence electrons. The summed E-state index contributed by atoms with van der Waals surface area (Å²) < 4.78 is 65.2. The van der Waals surface area contributed by atoms with E-state index in [0.717, 1.165) is 16.4 Å². The highest BCUT2D eigenvalue weighted by atomic mass is 35.5. The zero-order valence-corrected chi connectivity index (χ0v) is 16.0. The summed E-state index contributed by atoms with van der Waals surface area (Å²) in [6, 6.07) is 2.22. The van der Waals surface area contributed by atoms with E-state index >= 15 is 0 Å². The highest BCUT2D eigenvalue weighted by molar-refractivity contribution is 7.89. The van der Waals surface area contributed by atoms with Gasteiger partial charge in [0.2, 0.25) is 15.9 Å². The number of nitrogens with zero attached hydrogens (tertiary/aromatic N) is 2. The summed E-state index contributed by atoms with van der Waals surface area (Å²) in [5, 5.41) is -0.267. The van der Waals surface area contributed by atoms with E-state index < -0.39 is 26.7 Å². The van der Waals surface area contributed by atoms with Crippen molar-refractivity contribution in [1.29, 1.82) is 0 Å².